The highest BCUT2D eigenvalue weighted by molar-refractivity contribution is 5.96. The summed E-state index contributed by atoms with van der Waals surface area (Å²) in [5.74, 6) is -0.873. The van der Waals surface area contributed by atoms with Crippen molar-refractivity contribution < 1.29 is 27.9 Å². The van der Waals surface area contributed by atoms with Crippen LogP contribution in [0.5, 0.6) is 5.75 Å². The molecule has 1 N–H and O–H groups in total. The van der Waals surface area contributed by atoms with Crippen LogP contribution in [0.25, 0.3) is 0 Å². The van der Waals surface area contributed by atoms with Crippen molar-refractivity contribution in [2.45, 2.75) is 6.61 Å². The summed E-state index contributed by atoms with van der Waals surface area (Å²) >= 11 is 0. The molecule has 18 heavy (non-hydrogen) atoms. The number of rotatable bonds is 7. The molecule has 0 aromatic heterocycles. The van der Waals surface area contributed by atoms with E-state index >= 15 is 0 Å². The molecule has 0 spiro atoms. The van der Waals surface area contributed by atoms with E-state index in [0.29, 0.717) is 6.61 Å². The third kappa shape index (κ3) is 4.64. The van der Waals surface area contributed by atoms with Crippen molar-refractivity contribution >= 4 is 5.91 Å². The molecule has 100 valence electrons. The molecule has 0 saturated heterocycles. The van der Waals surface area contributed by atoms with Crippen molar-refractivity contribution in [2.75, 3.05) is 20.3 Å². The van der Waals surface area contributed by atoms with Crippen LogP contribution in [0.2, 0.25) is 0 Å². The first kappa shape index (κ1) is 14.3. The fourth-order valence-electron chi connectivity index (χ4n) is 1.15. The fourth-order valence-corrected chi connectivity index (χ4v) is 1.15. The van der Waals surface area contributed by atoms with Crippen LogP contribution in [0.1, 0.15) is 10.4 Å². The second-order valence-electron chi connectivity index (χ2n) is 3.15. The van der Waals surface area contributed by atoms with Crippen LogP contribution in [0.4, 0.5) is 8.78 Å². The summed E-state index contributed by atoms with van der Waals surface area (Å²) in [6, 6.07) is 5.64. The number of halogens is 2. The lowest BCUT2D eigenvalue weighted by Crippen LogP contribution is -2.26. The third-order valence-corrected chi connectivity index (χ3v) is 1.90. The summed E-state index contributed by atoms with van der Waals surface area (Å²) in [6.45, 7) is -2.54. The quantitative estimate of drug-likeness (QED) is 0.598. The number of carbonyl (C=O) groups excluding carboxylic acids is 1. The maximum Gasteiger partial charge on any atom is 0.387 e. The van der Waals surface area contributed by atoms with Gasteiger partial charge in [-0.3, -0.25) is 9.63 Å². The van der Waals surface area contributed by atoms with E-state index < -0.39 is 12.5 Å². The summed E-state index contributed by atoms with van der Waals surface area (Å²) in [6.07, 6.45) is 0. The van der Waals surface area contributed by atoms with E-state index in [9.17, 15) is 13.6 Å². The Balaban J connectivity index is 2.61. The molecule has 0 radical (unpaired) electrons. The Bertz CT molecular complexity index is 387. The van der Waals surface area contributed by atoms with Gasteiger partial charge in [0.25, 0.3) is 5.91 Å². The zero-order chi connectivity index (χ0) is 13.4. The summed E-state index contributed by atoms with van der Waals surface area (Å²) in [5, 5.41) is 0. The smallest absolute Gasteiger partial charge is 0.387 e. The monoisotopic (exact) mass is 261 g/mol. The van der Waals surface area contributed by atoms with E-state index in [2.05, 4.69) is 10.2 Å². The van der Waals surface area contributed by atoms with E-state index in [1.165, 1.54) is 31.4 Å². The molecule has 1 aromatic rings. The van der Waals surface area contributed by atoms with Gasteiger partial charge in [-0.05, 0) is 12.1 Å². The van der Waals surface area contributed by atoms with Gasteiger partial charge in [0.05, 0.1) is 18.8 Å². The minimum Gasteiger partial charge on any atom is -0.434 e. The lowest BCUT2D eigenvalue weighted by atomic mass is 10.2. The Morgan fingerprint density at radius 2 is 2.06 bits per heavy atom. The second kappa shape index (κ2) is 7.57. The maximum atomic E-state index is 12.1. The molecule has 0 aliphatic rings. The predicted molar refractivity (Wildman–Crippen MR) is 58.4 cm³/mol. The lowest BCUT2D eigenvalue weighted by molar-refractivity contribution is -0.0504. The highest BCUT2D eigenvalue weighted by Crippen LogP contribution is 2.19. The number of ether oxygens (including phenoxy) is 2. The van der Waals surface area contributed by atoms with Crippen molar-refractivity contribution in [3.05, 3.63) is 29.8 Å². The molecule has 0 fully saturated rings. The Hall–Kier alpha value is -1.73. The van der Waals surface area contributed by atoms with Crippen LogP contribution in [-0.4, -0.2) is 32.8 Å². The van der Waals surface area contributed by atoms with Crippen molar-refractivity contribution in [1.29, 1.82) is 0 Å². The average Bonchev–Trinajstić information content (AvgIpc) is 2.34. The zero-order valence-electron chi connectivity index (χ0n) is 9.69. The minimum atomic E-state index is -2.99. The van der Waals surface area contributed by atoms with Crippen LogP contribution < -0.4 is 10.2 Å². The molecule has 0 saturated carbocycles. The van der Waals surface area contributed by atoms with Gasteiger partial charge < -0.3 is 9.47 Å². The standard InChI is InChI=1S/C11H13F2NO4/c1-16-6-7-17-14-10(15)8-4-2-3-5-9(8)18-11(12)13/h2-5,11H,6-7H2,1H3,(H,14,15). The number of amides is 1. The summed E-state index contributed by atoms with van der Waals surface area (Å²) in [4.78, 5) is 16.4. The van der Waals surface area contributed by atoms with Crippen LogP contribution >= 0.6 is 0 Å². The number of hydrogen-bond donors (Lipinski definition) is 1. The zero-order valence-corrected chi connectivity index (χ0v) is 9.69. The first-order chi connectivity index (χ1) is 8.65. The van der Waals surface area contributed by atoms with Crippen molar-refractivity contribution in [2.24, 2.45) is 0 Å². The molecule has 1 aromatic carbocycles. The lowest BCUT2D eigenvalue weighted by Gasteiger charge is -2.10. The van der Waals surface area contributed by atoms with Crippen LogP contribution in [0.15, 0.2) is 24.3 Å². The number of nitrogens with one attached hydrogen (secondary N) is 1. The van der Waals surface area contributed by atoms with Crippen molar-refractivity contribution in [3.63, 3.8) is 0 Å². The number of carbonyl (C=O) groups is 1. The van der Waals surface area contributed by atoms with Gasteiger partial charge in [0.1, 0.15) is 5.75 Å². The maximum absolute atomic E-state index is 12.1. The van der Waals surface area contributed by atoms with Gasteiger partial charge in [0.15, 0.2) is 0 Å². The first-order valence-corrected chi connectivity index (χ1v) is 5.10. The topological polar surface area (TPSA) is 56.8 Å². The van der Waals surface area contributed by atoms with Gasteiger partial charge in [0, 0.05) is 7.11 Å². The van der Waals surface area contributed by atoms with Crippen LogP contribution in [0.3, 0.4) is 0 Å². The van der Waals surface area contributed by atoms with E-state index in [4.69, 9.17) is 9.57 Å². The Morgan fingerprint density at radius 1 is 1.33 bits per heavy atom. The van der Waals surface area contributed by atoms with E-state index in [-0.39, 0.29) is 17.9 Å². The highest BCUT2D eigenvalue weighted by atomic mass is 19.3. The normalized spacial score (nSPS) is 10.4. The molecular weight excluding hydrogens is 248 g/mol. The third-order valence-electron chi connectivity index (χ3n) is 1.90. The molecule has 5 nitrogen and oxygen atoms in total. The first-order valence-electron chi connectivity index (χ1n) is 5.10. The summed E-state index contributed by atoms with van der Waals surface area (Å²) in [7, 11) is 1.48. The molecule has 1 rings (SSSR count). The molecular formula is C11H13F2NO4. The number of methoxy groups -OCH3 is 1. The van der Waals surface area contributed by atoms with Gasteiger partial charge in [-0.1, -0.05) is 12.1 Å². The molecule has 0 unspecified atom stereocenters. The van der Waals surface area contributed by atoms with E-state index in [1.807, 2.05) is 0 Å². The Kier molecular flexibility index (Phi) is 6.03. The van der Waals surface area contributed by atoms with Gasteiger partial charge >= 0.3 is 6.61 Å². The van der Waals surface area contributed by atoms with Gasteiger partial charge in [-0.2, -0.15) is 8.78 Å². The number of hydroxylamine groups is 1. The van der Waals surface area contributed by atoms with Crippen molar-refractivity contribution in [1.82, 2.24) is 5.48 Å². The molecule has 1 amide bonds. The molecule has 7 heteroatoms. The number of alkyl halides is 2. The Labute approximate surface area is 103 Å². The second-order valence-corrected chi connectivity index (χ2v) is 3.15. The molecule has 0 aliphatic heterocycles. The van der Waals surface area contributed by atoms with Crippen LogP contribution in [0, 0.1) is 0 Å². The summed E-state index contributed by atoms with van der Waals surface area (Å²) in [5.41, 5.74) is 2.07. The molecule has 0 atom stereocenters. The largest absolute Gasteiger partial charge is 0.434 e. The SMILES string of the molecule is COCCONC(=O)c1ccccc1OC(F)F. The van der Waals surface area contributed by atoms with Crippen molar-refractivity contribution in [3.8, 4) is 5.75 Å². The van der Waals surface area contributed by atoms with Gasteiger partial charge in [0.2, 0.25) is 0 Å². The number of hydrogen-bond acceptors (Lipinski definition) is 4. The molecule has 0 heterocycles. The molecule has 0 bridgehead atoms. The van der Waals surface area contributed by atoms with Gasteiger partial charge in [-0.15, -0.1) is 0 Å². The van der Waals surface area contributed by atoms with E-state index in [1.54, 1.807) is 0 Å². The fraction of sp³-hybridized carbons (Fsp3) is 0.364. The molecule has 0 aliphatic carbocycles. The predicted octanol–water partition coefficient (Wildman–Crippen LogP) is 1.60. The minimum absolute atomic E-state index is 0.0322. The Morgan fingerprint density at radius 3 is 2.72 bits per heavy atom. The highest BCUT2D eigenvalue weighted by Gasteiger charge is 2.15. The summed E-state index contributed by atoms with van der Waals surface area (Å²) < 4.78 is 33.2. The number of para-hydroxylation sites is 1. The van der Waals surface area contributed by atoms with E-state index in [0.717, 1.165) is 0 Å². The number of benzene rings is 1. The average molecular weight is 261 g/mol. The van der Waals surface area contributed by atoms with Crippen LogP contribution in [-0.2, 0) is 9.57 Å². The van der Waals surface area contributed by atoms with Gasteiger partial charge in [-0.25, -0.2) is 5.48 Å².